The zero-order chi connectivity index (χ0) is 17.3. The van der Waals surface area contributed by atoms with Gasteiger partial charge < -0.3 is 9.80 Å². The SMILES string of the molecule is CS[C@@H]1CN([C@H](C)C(=O)N2CCCc3ccccc32)C[C@@H]1N(C)C. The van der Waals surface area contributed by atoms with Crippen LogP contribution in [-0.2, 0) is 11.2 Å². The Balaban J connectivity index is 1.74. The summed E-state index contributed by atoms with van der Waals surface area (Å²) in [7, 11) is 4.29. The predicted molar refractivity (Wildman–Crippen MR) is 103 cm³/mol. The molecule has 4 nitrogen and oxygen atoms in total. The molecule has 5 heteroatoms. The zero-order valence-electron chi connectivity index (χ0n) is 15.2. The molecule has 2 aliphatic heterocycles. The molecule has 0 bridgehead atoms. The lowest BCUT2D eigenvalue weighted by Crippen LogP contribution is -2.48. The van der Waals surface area contributed by atoms with Gasteiger partial charge in [-0.1, -0.05) is 18.2 Å². The molecule has 3 rings (SSSR count). The number of carbonyl (C=O) groups excluding carboxylic acids is 1. The number of likely N-dealkylation sites (tertiary alicyclic amines) is 1. The minimum absolute atomic E-state index is 0.0595. The molecular weight excluding hydrogens is 318 g/mol. The lowest BCUT2D eigenvalue weighted by Gasteiger charge is -2.34. The van der Waals surface area contributed by atoms with Crippen LogP contribution in [0.1, 0.15) is 18.9 Å². The summed E-state index contributed by atoms with van der Waals surface area (Å²) in [5, 5.41) is 0.573. The molecule has 0 aromatic heterocycles. The van der Waals surface area contributed by atoms with E-state index in [0.717, 1.165) is 38.2 Å². The van der Waals surface area contributed by atoms with Crippen molar-refractivity contribution in [2.45, 2.75) is 37.1 Å². The third-order valence-electron chi connectivity index (χ3n) is 5.51. The molecule has 2 heterocycles. The highest BCUT2D eigenvalue weighted by atomic mass is 32.2. The van der Waals surface area contributed by atoms with Crippen molar-refractivity contribution in [3.8, 4) is 0 Å². The second-order valence-electron chi connectivity index (χ2n) is 7.16. The Hall–Kier alpha value is -1.04. The molecule has 0 unspecified atom stereocenters. The van der Waals surface area contributed by atoms with Gasteiger partial charge in [0.25, 0.3) is 0 Å². The molecule has 0 spiro atoms. The molecule has 0 N–H and O–H groups in total. The third-order valence-corrected chi connectivity index (χ3v) is 6.58. The number of benzene rings is 1. The molecule has 1 aromatic rings. The fourth-order valence-corrected chi connectivity index (χ4v) is 4.96. The molecule has 3 atom stereocenters. The summed E-state index contributed by atoms with van der Waals surface area (Å²) in [4.78, 5) is 19.9. The Labute approximate surface area is 150 Å². The van der Waals surface area contributed by atoms with Crippen LogP contribution in [0, 0.1) is 0 Å². The summed E-state index contributed by atoms with van der Waals surface area (Å²) in [6, 6.07) is 8.81. The monoisotopic (exact) mass is 347 g/mol. The van der Waals surface area contributed by atoms with E-state index in [1.165, 1.54) is 5.56 Å². The molecule has 0 saturated carbocycles. The van der Waals surface area contributed by atoms with Crippen molar-refractivity contribution in [1.29, 1.82) is 0 Å². The summed E-state index contributed by atoms with van der Waals surface area (Å²) >= 11 is 1.92. The molecule has 0 radical (unpaired) electrons. The van der Waals surface area contributed by atoms with E-state index in [9.17, 15) is 4.79 Å². The van der Waals surface area contributed by atoms with Crippen LogP contribution in [0.3, 0.4) is 0 Å². The predicted octanol–water partition coefficient (Wildman–Crippen LogP) is 2.33. The molecular formula is C19H29N3OS. The first kappa shape index (κ1) is 17.8. The highest BCUT2D eigenvalue weighted by molar-refractivity contribution is 7.99. The summed E-state index contributed by atoms with van der Waals surface area (Å²) in [6.07, 6.45) is 4.32. The number of hydrogen-bond acceptors (Lipinski definition) is 4. The average molecular weight is 348 g/mol. The fraction of sp³-hybridized carbons (Fsp3) is 0.632. The minimum atomic E-state index is -0.0595. The van der Waals surface area contributed by atoms with Gasteiger partial charge in [0.2, 0.25) is 5.91 Å². The van der Waals surface area contributed by atoms with Crippen molar-refractivity contribution >= 4 is 23.4 Å². The van der Waals surface area contributed by atoms with Crippen molar-refractivity contribution in [2.75, 3.05) is 44.9 Å². The molecule has 1 aromatic carbocycles. The van der Waals surface area contributed by atoms with E-state index in [2.05, 4.69) is 55.3 Å². The number of anilines is 1. The molecule has 1 fully saturated rings. The van der Waals surface area contributed by atoms with Crippen molar-refractivity contribution < 1.29 is 4.79 Å². The van der Waals surface area contributed by atoms with Gasteiger partial charge in [0.1, 0.15) is 0 Å². The number of aryl methyl sites for hydroxylation is 1. The first-order chi connectivity index (χ1) is 11.5. The maximum absolute atomic E-state index is 13.2. The van der Waals surface area contributed by atoms with Crippen LogP contribution in [0.4, 0.5) is 5.69 Å². The maximum atomic E-state index is 13.2. The van der Waals surface area contributed by atoms with E-state index in [1.54, 1.807) is 0 Å². The van der Waals surface area contributed by atoms with E-state index in [4.69, 9.17) is 0 Å². The van der Waals surface area contributed by atoms with E-state index in [1.807, 2.05) is 22.7 Å². The summed E-state index contributed by atoms with van der Waals surface area (Å²) in [5.74, 6) is 0.251. The Morgan fingerprint density at radius 1 is 1.29 bits per heavy atom. The number of amides is 1. The zero-order valence-corrected chi connectivity index (χ0v) is 16.1. The van der Waals surface area contributed by atoms with Crippen molar-refractivity contribution in [3.63, 3.8) is 0 Å². The number of para-hydroxylation sites is 1. The van der Waals surface area contributed by atoms with E-state index in [0.29, 0.717) is 11.3 Å². The van der Waals surface area contributed by atoms with Crippen LogP contribution in [0.2, 0.25) is 0 Å². The standard InChI is InChI=1S/C19H29N3OS/c1-14(21-12-17(20(2)3)18(13-21)24-4)19(23)22-11-7-9-15-8-5-6-10-16(15)22/h5-6,8,10,14,17-18H,7,9,11-13H2,1-4H3/t14-,17+,18-/m1/s1. The van der Waals surface area contributed by atoms with E-state index < -0.39 is 0 Å². The largest absolute Gasteiger partial charge is 0.311 e. The first-order valence-corrected chi connectivity index (χ1v) is 10.1. The lowest BCUT2D eigenvalue weighted by molar-refractivity contribution is -0.123. The highest BCUT2D eigenvalue weighted by Crippen LogP contribution is 2.30. The number of carbonyl (C=O) groups is 1. The summed E-state index contributed by atoms with van der Waals surface area (Å²) < 4.78 is 0. The number of likely N-dealkylation sites (N-methyl/N-ethyl adjacent to an activating group) is 1. The Morgan fingerprint density at radius 2 is 2.04 bits per heavy atom. The average Bonchev–Trinajstić information content (AvgIpc) is 3.04. The van der Waals surface area contributed by atoms with Crippen LogP contribution in [0.5, 0.6) is 0 Å². The smallest absolute Gasteiger partial charge is 0.244 e. The number of nitrogens with zero attached hydrogens (tertiary/aromatic N) is 3. The van der Waals surface area contributed by atoms with Crippen LogP contribution >= 0.6 is 11.8 Å². The van der Waals surface area contributed by atoms with Crippen LogP contribution < -0.4 is 4.90 Å². The van der Waals surface area contributed by atoms with Gasteiger partial charge in [-0.25, -0.2) is 0 Å². The Kier molecular flexibility index (Phi) is 5.52. The molecule has 0 aliphatic carbocycles. The van der Waals surface area contributed by atoms with Crippen LogP contribution in [0.15, 0.2) is 24.3 Å². The minimum Gasteiger partial charge on any atom is -0.311 e. The topological polar surface area (TPSA) is 26.8 Å². The molecule has 1 saturated heterocycles. The van der Waals surface area contributed by atoms with Gasteiger partial charge in [-0.2, -0.15) is 11.8 Å². The molecule has 1 amide bonds. The summed E-state index contributed by atoms with van der Waals surface area (Å²) in [6.45, 7) is 4.89. The second-order valence-corrected chi connectivity index (χ2v) is 8.23. The maximum Gasteiger partial charge on any atom is 0.244 e. The number of rotatable bonds is 4. The lowest BCUT2D eigenvalue weighted by atomic mass is 10.0. The Morgan fingerprint density at radius 3 is 2.71 bits per heavy atom. The quantitative estimate of drug-likeness (QED) is 0.835. The number of fused-ring (bicyclic) bond motifs is 1. The molecule has 132 valence electrons. The van der Waals surface area contributed by atoms with Gasteiger partial charge in [-0.3, -0.25) is 9.69 Å². The van der Waals surface area contributed by atoms with Gasteiger partial charge in [-0.05, 0) is 51.7 Å². The van der Waals surface area contributed by atoms with Gasteiger partial charge in [0.05, 0.1) is 6.04 Å². The third kappa shape index (κ3) is 3.35. The number of thioether (sulfide) groups is 1. The van der Waals surface area contributed by atoms with Gasteiger partial charge in [0.15, 0.2) is 0 Å². The first-order valence-electron chi connectivity index (χ1n) is 8.85. The molecule has 2 aliphatic rings. The van der Waals surface area contributed by atoms with Gasteiger partial charge in [-0.15, -0.1) is 0 Å². The Bertz CT molecular complexity index is 592. The van der Waals surface area contributed by atoms with Crippen molar-refractivity contribution in [3.05, 3.63) is 29.8 Å². The second kappa shape index (κ2) is 7.46. The van der Waals surface area contributed by atoms with Gasteiger partial charge in [0, 0.05) is 36.6 Å². The summed E-state index contributed by atoms with van der Waals surface area (Å²) in [5.41, 5.74) is 2.42. The van der Waals surface area contributed by atoms with E-state index in [-0.39, 0.29) is 11.9 Å². The highest BCUT2D eigenvalue weighted by Gasteiger charge is 2.39. The van der Waals surface area contributed by atoms with Gasteiger partial charge >= 0.3 is 0 Å². The van der Waals surface area contributed by atoms with Crippen LogP contribution in [0.25, 0.3) is 0 Å². The number of hydrogen-bond donors (Lipinski definition) is 0. The normalized spacial score (nSPS) is 25.8. The van der Waals surface area contributed by atoms with Crippen molar-refractivity contribution in [1.82, 2.24) is 9.80 Å². The van der Waals surface area contributed by atoms with Crippen molar-refractivity contribution in [2.24, 2.45) is 0 Å². The molecule has 24 heavy (non-hydrogen) atoms. The fourth-order valence-electron chi connectivity index (χ4n) is 3.97. The van der Waals surface area contributed by atoms with Crippen LogP contribution in [-0.4, -0.2) is 73.0 Å². The van der Waals surface area contributed by atoms with E-state index >= 15 is 0 Å².